The Balaban J connectivity index is 2.20. The number of nitrogens with one attached hydrogen (secondary N) is 1. The lowest BCUT2D eigenvalue weighted by molar-refractivity contribution is 0.321. The fourth-order valence-corrected chi connectivity index (χ4v) is 2.80. The summed E-state index contributed by atoms with van der Waals surface area (Å²) in [6, 6.07) is 10.8. The third kappa shape index (κ3) is 2.97. The Labute approximate surface area is 145 Å². The van der Waals surface area contributed by atoms with Gasteiger partial charge in [-0.2, -0.15) is 0 Å². The minimum absolute atomic E-state index is 0.109. The first-order valence-electron chi connectivity index (χ1n) is 7.76. The summed E-state index contributed by atoms with van der Waals surface area (Å²) in [6.07, 6.45) is 2.54. The second-order valence-corrected chi connectivity index (χ2v) is 5.81. The molecular weight excluding hydrogens is 326 g/mol. The molecule has 0 saturated carbocycles. The molecule has 0 aliphatic carbocycles. The van der Waals surface area contributed by atoms with Gasteiger partial charge in [-0.3, -0.25) is 4.79 Å². The molecule has 124 valence electrons. The summed E-state index contributed by atoms with van der Waals surface area (Å²) in [4.78, 5) is 16.2. The molecule has 1 N–H and O–H groups in total. The van der Waals surface area contributed by atoms with E-state index in [1.165, 1.54) is 0 Å². The molecular formula is C19H18ClNO3. The molecule has 2 aromatic carbocycles. The third-order valence-corrected chi connectivity index (χ3v) is 4.13. The van der Waals surface area contributed by atoms with Crippen molar-refractivity contribution in [3.05, 3.63) is 57.8 Å². The molecule has 0 bridgehead atoms. The fourth-order valence-electron chi connectivity index (χ4n) is 2.59. The number of benzene rings is 2. The second kappa shape index (κ2) is 6.97. The van der Waals surface area contributed by atoms with Gasteiger partial charge in [0.05, 0.1) is 29.6 Å². The standard InChI is InChI=1S/C19H18ClNO3/c1-3-10-24-16-9-8-15(20)18-17(16)19(22)14(11-21-18)12-4-6-13(23-2)7-5-12/h4-9,11H,3,10H2,1-2H3,(H,21,22). The zero-order chi connectivity index (χ0) is 17.1. The van der Waals surface area contributed by atoms with Crippen molar-refractivity contribution in [2.24, 2.45) is 0 Å². The van der Waals surface area contributed by atoms with E-state index in [0.717, 1.165) is 17.7 Å². The molecule has 0 amide bonds. The van der Waals surface area contributed by atoms with Crippen LogP contribution in [0.4, 0.5) is 0 Å². The Kier molecular flexibility index (Phi) is 4.76. The van der Waals surface area contributed by atoms with Gasteiger partial charge in [-0.15, -0.1) is 0 Å². The van der Waals surface area contributed by atoms with E-state index >= 15 is 0 Å². The summed E-state index contributed by atoms with van der Waals surface area (Å²) in [5, 5.41) is 0.969. The summed E-state index contributed by atoms with van der Waals surface area (Å²) in [7, 11) is 1.61. The van der Waals surface area contributed by atoms with Crippen LogP contribution in [0.15, 0.2) is 47.4 Å². The predicted octanol–water partition coefficient (Wildman–Crippen LogP) is 4.65. The van der Waals surface area contributed by atoms with Crippen molar-refractivity contribution in [3.63, 3.8) is 0 Å². The van der Waals surface area contributed by atoms with E-state index in [1.807, 2.05) is 31.2 Å². The van der Waals surface area contributed by atoms with E-state index in [0.29, 0.717) is 33.8 Å². The van der Waals surface area contributed by atoms with Crippen LogP contribution in [0.25, 0.3) is 22.0 Å². The number of H-pyrrole nitrogens is 1. The quantitative estimate of drug-likeness (QED) is 0.733. The van der Waals surface area contributed by atoms with Crippen molar-refractivity contribution in [2.45, 2.75) is 13.3 Å². The van der Waals surface area contributed by atoms with Crippen LogP contribution < -0.4 is 14.9 Å². The topological polar surface area (TPSA) is 51.3 Å². The summed E-state index contributed by atoms with van der Waals surface area (Å²) in [5.41, 5.74) is 1.85. The van der Waals surface area contributed by atoms with Gasteiger partial charge in [-0.25, -0.2) is 0 Å². The van der Waals surface area contributed by atoms with Crippen LogP contribution in [-0.4, -0.2) is 18.7 Å². The van der Waals surface area contributed by atoms with Crippen molar-refractivity contribution < 1.29 is 9.47 Å². The number of pyridine rings is 1. The molecule has 1 heterocycles. The molecule has 0 fully saturated rings. The third-order valence-electron chi connectivity index (χ3n) is 3.81. The Bertz CT molecular complexity index is 916. The summed E-state index contributed by atoms with van der Waals surface area (Å²) in [6.45, 7) is 2.56. The minimum atomic E-state index is -0.109. The van der Waals surface area contributed by atoms with Crippen LogP contribution >= 0.6 is 11.6 Å². The van der Waals surface area contributed by atoms with E-state index in [4.69, 9.17) is 21.1 Å². The van der Waals surface area contributed by atoms with E-state index in [-0.39, 0.29) is 5.43 Å². The Morgan fingerprint density at radius 2 is 1.88 bits per heavy atom. The SMILES string of the molecule is CCCOc1ccc(Cl)c2[nH]cc(-c3ccc(OC)cc3)c(=O)c12. The predicted molar refractivity (Wildman–Crippen MR) is 97.4 cm³/mol. The smallest absolute Gasteiger partial charge is 0.200 e. The Morgan fingerprint density at radius 1 is 1.12 bits per heavy atom. The molecule has 4 nitrogen and oxygen atoms in total. The number of hydrogen-bond donors (Lipinski definition) is 1. The van der Waals surface area contributed by atoms with Crippen molar-refractivity contribution in [1.29, 1.82) is 0 Å². The maximum Gasteiger partial charge on any atom is 0.200 e. The lowest BCUT2D eigenvalue weighted by Gasteiger charge is -2.11. The normalized spacial score (nSPS) is 10.8. The minimum Gasteiger partial charge on any atom is -0.497 e. The van der Waals surface area contributed by atoms with Gasteiger partial charge in [0, 0.05) is 11.8 Å². The van der Waals surface area contributed by atoms with E-state index in [1.54, 1.807) is 25.4 Å². The van der Waals surface area contributed by atoms with Crippen LogP contribution in [0.2, 0.25) is 5.02 Å². The first-order valence-corrected chi connectivity index (χ1v) is 8.14. The maximum atomic E-state index is 13.0. The lowest BCUT2D eigenvalue weighted by Crippen LogP contribution is -2.09. The molecule has 3 aromatic rings. The Hall–Kier alpha value is -2.46. The largest absolute Gasteiger partial charge is 0.497 e. The molecule has 1 aromatic heterocycles. The van der Waals surface area contributed by atoms with Crippen molar-refractivity contribution in [1.82, 2.24) is 4.98 Å². The van der Waals surface area contributed by atoms with Crippen molar-refractivity contribution in [3.8, 4) is 22.6 Å². The van der Waals surface area contributed by atoms with Crippen LogP contribution in [0.5, 0.6) is 11.5 Å². The monoisotopic (exact) mass is 343 g/mol. The molecule has 3 rings (SSSR count). The molecule has 0 radical (unpaired) electrons. The van der Waals surface area contributed by atoms with Gasteiger partial charge in [0.25, 0.3) is 0 Å². The van der Waals surface area contributed by atoms with Gasteiger partial charge in [-0.05, 0) is 36.2 Å². The van der Waals surface area contributed by atoms with Crippen LogP contribution in [0.1, 0.15) is 13.3 Å². The van der Waals surface area contributed by atoms with Crippen LogP contribution in [0.3, 0.4) is 0 Å². The molecule has 24 heavy (non-hydrogen) atoms. The zero-order valence-electron chi connectivity index (χ0n) is 13.6. The van der Waals surface area contributed by atoms with Crippen LogP contribution in [0, 0.1) is 0 Å². The number of aromatic amines is 1. The highest BCUT2D eigenvalue weighted by Crippen LogP contribution is 2.30. The summed E-state index contributed by atoms with van der Waals surface area (Å²) >= 11 is 6.23. The van der Waals surface area contributed by atoms with E-state index in [9.17, 15) is 4.79 Å². The number of ether oxygens (including phenoxy) is 2. The molecule has 0 spiro atoms. The average molecular weight is 344 g/mol. The van der Waals surface area contributed by atoms with Gasteiger partial charge < -0.3 is 14.5 Å². The molecule has 0 aliphatic rings. The first kappa shape index (κ1) is 16.4. The zero-order valence-corrected chi connectivity index (χ0v) is 14.3. The number of methoxy groups -OCH3 is 1. The summed E-state index contributed by atoms with van der Waals surface area (Å²) < 4.78 is 10.9. The molecule has 5 heteroatoms. The van der Waals surface area contributed by atoms with Crippen LogP contribution in [-0.2, 0) is 0 Å². The molecule has 0 unspecified atom stereocenters. The second-order valence-electron chi connectivity index (χ2n) is 5.40. The van der Waals surface area contributed by atoms with Gasteiger partial charge in [0.1, 0.15) is 11.5 Å². The first-order chi connectivity index (χ1) is 11.7. The fraction of sp³-hybridized carbons (Fsp3) is 0.211. The number of fused-ring (bicyclic) bond motifs is 1. The van der Waals surface area contributed by atoms with Crippen molar-refractivity contribution in [2.75, 3.05) is 13.7 Å². The highest BCUT2D eigenvalue weighted by atomic mass is 35.5. The Morgan fingerprint density at radius 3 is 2.54 bits per heavy atom. The molecule has 0 aliphatic heterocycles. The highest BCUT2D eigenvalue weighted by molar-refractivity contribution is 6.35. The number of rotatable bonds is 5. The maximum absolute atomic E-state index is 13.0. The lowest BCUT2D eigenvalue weighted by atomic mass is 10.0. The van der Waals surface area contributed by atoms with Gasteiger partial charge >= 0.3 is 0 Å². The number of halogens is 1. The summed E-state index contributed by atoms with van der Waals surface area (Å²) in [5.74, 6) is 1.29. The van der Waals surface area contributed by atoms with Gasteiger partial charge in [0.2, 0.25) is 5.43 Å². The van der Waals surface area contributed by atoms with Gasteiger partial charge in [0.15, 0.2) is 0 Å². The van der Waals surface area contributed by atoms with E-state index in [2.05, 4.69) is 4.98 Å². The molecule has 0 saturated heterocycles. The van der Waals surface area contributed by atoms with Crippen molar-refractivity contribution >= 4 is 22.5 Å². The highest BCUT2D eigenvalue weighted by Gasteiger charge is 2.14. The molecule has 0 atom stereocenters. The number of hydrogen-bond acceptors (Lipinski definition) is 3. The average Bonchev–Trinajstić information content (AvgIpc) is 2.62. The van der Waals surface area contributed by atoms with E-state index < -0.39 is 0 Å². The van der Waals surface area contributed by atoms with Gasteiger partial charge in [-0.1, -0.05) is 30.7 Å². The number of aromatic nitrogens is 1.